The molecule has 0 bridgehead atoms. The van der Waals surface area contributed by atoms with E-state index in [1.54, 1.807) is 6.20 Å². The predicted molar refractivity (Wildman–Crippen MR) is 107 cm³/mol. The fraction of sp³-hybridized carbons (Fsp3) is 0.429. The average Bonchev–Trinajstić information content (AvgIpc) is 3.60. The van der Waals surface area contributed by atoms with Crippen LogP contribution in [0.15, 0.2) is 30.6 Å². The second-order valence-electron chi connectivity index (χ2n) is 7.95. The number of aryl methyl sites for hydroxylation is 1. The molecule has 1 amide bonds. The molecular formula is C21H22ClN5O. The summed E-state index contributed by atoms with van der Waals surface area (Å²) in [6.45, 7) is 1.85. The van der Waals surface area contributed by atoms with Crippen LogP contribution in [-0.2, 0) is 0 Å². The summed E-state index contributed by atoms with van der Waals surface area (Å²) in [6, 6.07) is 6.16. The van der Waals surface area contributed by atoms with Crippen LogP contribution in [0.4, 0.5) is 0 Å². The van der Waals surface area contributed by atoms with Gasteiger partial charge in [0.15, 0.2) is 0 Å². The van der Waals surface area contributed by atoms with E-state index in [1.165, 1.54) is 19.0 Å². The lowest BCUT2D eigenvalue weighted by molar-refractivity contribution is 0.0925. The van der Waals surface area contributed by atoms with Gasteiger partial charge in [-0.2, -0.15) is 0 Å². The Morgan fingerprint density at radius 1 is 1.25 bits per heavy atom. The average molecular weight is 396 g/mol. The summed E-state index contributed by atoms with van der Waals surface area (Å²) in [5.74, 6) is 1.37. The summed E-state index contributed by atoms with van der Waals surface area (Å²) in [5.41, 5.74) is 3.11. The molecule has 0 saturated heterocycles. The van der Waals surface area contributed by atoms with E-state index < -0.39 is 0 Å². The maximum absolute atomic E-state index is 12.8. The van der Waals surface area contributed by atoms with Gasteiger partial charge < -0.3 is 9.88 Å². The van der Waals surface area contributed by atoms with Crippen molar-refractivity contribution in [2.24, 2.45) is 5.92 Å². The molecule has 1 N–H and O–H groups in total. The van der Waals surface area contributed by atoms with E-state index in [9.17, 15) is 4.79 Å². The van der Waals surface area contributed by atoms with Gasteiger partial charge in [0.05, 0.1) is 29.0 Å². The van der Waals surface area contributed by atoms with Gasteiger partial charge in [-0.15, -0.1) is 0 Å². The molecule has 2 heterocycles. The Balaban J connectivity index is 1.51. The van der Waals surface area contributed by atoms with Crippen LogP contribution in [0.3, 0.4) is 0 Å². The maximum Gasteiger partial charge on any atom is 0.272 e. The number of nitrogens with zero attached hydrogens (tertiary/aromatic N) is 4. The minimum atomic E-state index is -0.203. The van der Waals surface area contributed by atoms with Gasteiger partial charge in [-0.25, -0.2) is 9.97 Å². The molecule has 0 aliphatic heterocycles. The Bertz CT molecular complexity index is 1040. The van der Waals surface area contributed by atoms with Crippen LogP contribution in [-0.4, -0.2) is 25.4 Å². The summed E-state index contributed by atoms with van der Waals surface area (Å²) < 4.78 is 2.31. The summed E-state index contributed by atoms with van der Waals surface area (Å²) in [4.78, 5) is 26.2. The Morgan fingerprint density at radius 2 is 2.07 bits per heavy atom. The zero-order chi connectivity index (χ0) is 19.3. The Labute approximate surface area is 168 Å². The molecule has 7 heteroatoms. The highest BCUT2D eigenvalue weighted by atomic mass is 35.5. The topological polar surface area (TPSA) is 72.7 Å². The monoisotopic (exact) mass is 395 g/mol. The van der Waals surface area contributed by atoms with Crippen molar-refractivity contribution < 1.29 is 4.79 Å². The molecule has 3 aromatic rings. The normalized spacial score (nSPS) is 17.6. The third-order valence-electron chi connectivity index (χ3n) is 5.49. The van der Waals surface area contributed by atoms with E-state index in [4.69, 9.17) is 16.6 Å². The lowest BCUT2D eigenvalue weighted by atomic mass is 10.1. The number of imidazole rings is 1. The fourth-order valence-corrected chi connectivity index (χ4v) is 3.88. The fourth-order valence-electron chi connectivity index (χ4n) is 3.71. The lowest BCUT2D eigenvalue weighted by Gasteiger charge is -2.20. The Hall–Kier alpha value is -2.47. The van der Waals surface area contributed by atoms with Gasteiger partial charge >= 0.3 is 0 Å². The third-order valence-corrected chi connectivity index (χ3v) is 5.72. The summed E-state index contributed by atoms with van der Waals surface area (Å²) in [7, 11) is 0. The Kier molecular flexibility index (Phi) is 4.31. The number of halogens is 1. The summed E-state index contributed by atoms with van der Waals surface area (Å²) >= 11 is 6.19. The molecule has 5 rings (SSSR count). The van der Waals surface area contributed by atoms with E-state index in [2.05, 4.69) is 19.9 Å². The molecule has 2 aliphatic carbocycles. The Morgan fingerprint density at radius 3 is 2.75 bits per heavy atom. The SMILES string of the molecule is Cc1cnc(C(=O)N[C@@H](CC2CC2)c2nc3cc(Cl)ccc3n2C2CC2)cn1. The second-order valence-corrected chi connectivity index (χ2v) is 8.39. The van der Waals surface area contributed by atoms with Gasteiger partial charge in [-0.05, 0) is 50.3 Å². The molecule has 2 aliphatic rings. The van der Waals surface area contributed by atoms with Crippen molar-refractivity contribution in [2.75, 3.05) is 0 Å². The number of nitrogens with one attached hydrogen (secondary N) is 1. The minimum absolute atomic E-state index is 0.144. The van der Waals surface area contributed by atoms with E-state index in [0.29, 0.717) is 22.7 Å². The van der Waals surface area contributed by atoms with E-state index in [0.717, 1.165) is 41.8 Å². The minimum Gasteiger partial charge on any atom is -0.341 e. The second kappa shape index (κ2) is 6.85. The van der Waals surface area contributed by atoms with Gasteiger partial charge in [0.1, 0.15) is 11.5 Å². The number of amides is 1. The molecule has 0 radical (unpaired) electrons. The van der Waals surface area contributed by atoms with Crippen LogP contribution in [0.1, 0.15) is 66.2 Å². The molecule has 2 saturated carbocycles. The van der Waals surface area contributed by atoms with Crippen LogP contribution in [0.25, 0.3) is 11.0 Å². The van der Waals surface area contributed by atoms with Gasteiger partial charge in [-0.1, -0.05) is 24.4 Å². The number of fused-ring (bicyclic) bond motifs is 1. The number of hydrogen-bond acceptors (Lipinski definition) is 4. The lowest BCUT2D eigenvalue weighted by Crippen LogP contribution is -2.31. The first-order valence-electron chi connectivity index (χ1n) is 9.85. The first-order valence-corrected chi connectivity index (χ1v) is 10.2. The van der Waals surface area contributed by atoms with Gasteiger partial charge in [0, 0.05) is 17.3 Å². The van der Waals surface area contributed by atoms with E-state index >= 15 is 0 Å². The third kappa shape index (κ3) is 3.49. The zero-order valence-corrected chi connectivity index (χ0v) is 16.5. The highest BCUT2D eigenvalue weighted by Crippen LogP contribution is 2.43. The molecule has 1 aromatic carbocycles. The predicted octanol–water partition coefficient (Wildman–Crippen LogP) is 4.39. The molecule has 28 heavy (non-hydrogen) atoms. The van der Waals surface area contributed by atoms with Crippen molar-refractivity contribution >= 4 is 28.5 Å². The molecule has 0 spiro atoms. The number of rotatable bonds is 6. The van der Waals surface area contributed by atoms with E-state index in [1.807, 2.05) is 25.1 Å². The van der Waals surface area contributed by atoms with Crippen LogP contribution in [0.2, 0.25) is 5.02 Å². The summed E-state index contributed by atoms with van der Waals surface area (Å²) in [6.07, 6.45) is 8.77. The van der Waals surface area contributed by atoms with Crippen LogP contribution < -0.4 is 5.32 Å². The first kappa shape index (κ1) is 17.6. The van der Waals surface area contributed by atoms with Crippen molar-refractivity contribution in [3.8, 4) is 0 Å². The van der Waals surface area contributed by atoms with Crippen LogP contribution in [0.5, 0.6) is 0 Å². The first-order chi connectivity index (χ1) is 13.6. The molecular weight excluding hydrogens is 374 g/mol. The molecule has 2 aromatic heterocycles. The highest BCUT2D eigenvalue weighted by molar-refractivity contribution is 6.31. The van der Waals surface area contributed by atoms with Crippen molar-refractivity contribution in [1.29, 1.82) is 0 Å². The largest absolute Gasteiger partial charge is 0.341 e. The van der Waals surface area contributed by atoms with Gasteiger partial charge in [0.2, 0.25) is 0 Å². The maximum atomic E-state index is 12.8. The van der Waals surface area contributed by atoms with Crippen LogP contribution >= 0.6 is 11.6 Å². The van der Waals surface area contributed by atoms with Crippen molar-refractivity contribution in [2.45, 2.75) is 51.1 Å². The van der Waals surface area contributed by atoms with Crippen LogP contribution in [0, 0.1) is 12.8 Å². The smallest absolute Gasteiger partial charge is 0.272 e. The molecule has 1 atom stereocenters. The number of hydrogen-bond donors (Lipinski definition) is 1. The van der Waals surface area contributed by atoms with Gasteiger partial charge in [0.25, 0.3) is 5.91 Å². The van der Waals surface area contributed by atoms with Gasteiger partial charge in [-0.3, -0.25) is 9.78 Å². The molecule has 2 fully saturated rings. The number of carbonyl (C=O) groups excluding carboxylic acids is 1. The van der Waals surface area contributed by atoms with E-state index in [-0.39, 0.29) is 11.9 Å². The molecule has 6 nitrogen and oxygen atoms in total. The highest BCUT2D eigenvalue weighted by Gasteiger charge is 2.35. The zero-order valence-electron chi connectivity index (χ0n) is 15.7. The quantitative estimate of drug-likeness (QED) is 0.671. The van der Waals surface area contributed by atoms with Crippen molar-refractivity contribution in [3.63, 3.8) is 0 Å². The number of carbonyl (C=O) groups is 1. The molecule has 0 unspecified atom stereocenters. The molecule has 144 valence electrons. The number of benzene rings is 1. The standard InChI is InChI=1S/C21H22ClN5O/c1-12-10-24-18(11-23-12)21(28)26-17(8-13-2-3-13)20-25-16-9-14(22)4-7-19(16)27(20)15-5-6-15/h4,7,9-11,13,15,17H,2-3,5-6,8H2,1H3,(H,26,28)/t17-/m0/s1. The van der Waals surface area contributed by atoms with Crippen molar-refractivity contribution in [1.82, 2.24) is 24.8 Å². The summed E-state index contributed by atoms with van der Waals surface area (Å²) in [5, 5.41) is 3.86. The number of aromatic nitrogens is 4. The van der Waals surface area contributed by atoms with Crippen molar-refractivity contribution in [3.05, 3.63) is 52.8 Å².